The molecule has 0 fully saturated rings. The number of nitrogens with one attached hydrogen (secondary N) is 2. The van der Waals surface area contributed by atoms with E-state index in [-0.39, 0.29) is 17.8 Å². The fourth-order valence-electron chi connectivity index (χ4n) is 1.72. The van der Waals surface area contributed by atoms with Crippen LogP contribution in [0.2, 0.25) is 0 Å². The molecule has 0 saturated heterocycles. The van der Waals surface area contributed by atoms with E-state index in [4.69, 9.17) is 9.52 Å². The quantitative estimate of drug-likeness (QED) is 0.808. The number of amides is 2. The lowest BCUT2D eigenvalue weighted by molar-refractivity contribution is 0.0697. The van der Waals surface area contributed by atoms with Crippen LogP contribution >= 0.6 is 0 Å². The fraction of sp³-hybridized carbons (Fsp3) is 0.143. The van der Waals surface area contributed by atoms with E-state index in [1.165, 1.54) is 6.07 Å². The van der Waals surface area contributed by atoms with Crippen molar-refractivity contribution in [3.8, 4) is 0 Å². The smallest absolute Gasteiger partial charge is 0.337 e. The Morgan fingerprint density at radius 2 is 2.05 bits per heavy atom. The van der Waals surface area contributed by atoms with E-state index in [1.807, 2.05) is 0 Å². The third-order valence-electron chi connectivity index (χ3n) is 2.68. The van der Waals surface area contributed by atoms with E-state index >= 15 is 0 Å². The zero-order valence-electron chi connectivity index (χ0n) is 11.1. The molecule has 110 valence electrons. The van der Waals surface area contributed by atoms with E-state index < -0.39 is 17.8 Å². The largest absolute Gasteiger partial charge is 0.478 e. The summed E-state index contributed by atoms with van der Waals surface area (Å²) in [5, 5.41) is 13.8. The van der Waals surface area contributed by atoms with Crippen LogP contribution < -0.4 is 10.6 Å². The predicted molar refractivity (Wildman–Crippen MR) is 72.7 cm³/mol. The molecule has 2 amide bonds. The van der Waals surface area contributed by atoms with Gasteiger partial charge in [-0.3, -0.25) is 0 Å². The van der Waals surface area contributed by atoms with Gasteiger partial charge in [-0.25, -0.2) is 14.0 Å². The number of aryl methyl sites for hydroxylation is 1. The highest BCUT2D eigenvalue weighted by Gasteiger charge is 2.13. The fourth-order valence-corrected chi connectivity index (χ4v) is 1.72. The Bertz CT molecular complexity index is 681. The van der Waals surface area contributed by atoms with Gasteiger partial charge in [-0.15, -0.1) is 0 Å². The van der Waals surface area contributed by atoms with Gasteiger partial charge in [0.1, 0.15) is 17.3 Å². The van der Waals surface area contributed by atoms with Crippen molar-refractivity contribution >= 4 is 17.7 Å². The molecule has 1 aromatic carbocycles. The van der Waals surface area contributed by atoms with Crippen molar-refractivity contribution in [3.05, 3.63) is 53.2 Å². The van der Waals surface area contributed by atoms with Crippen LogP contribution in [0.1, 0.15) is 21.9 Å². The highest BCUT2D eigenvalue weighted by atomic mass is 19.1. The molecule has 2 rings (SSSR count). The van der Waals surface area contributed by atoms with E-state index in [1.54, 1.807) is 19.1 Å². The average Bonchev–Trinajstić information content (AvgIpc) is 2.84. The van der Waals surface area contributed by atoms with Gasteiger partial charge < -0.3 is 20.2 Å². The lowest BCUT2D eigenvalue weighted by atomic mass is 10.2. The second-order valence-corrected chi connectivity index (χ2v) is 4.32. The molecular weight excluding hydrogens is 279 g/mol. The van der Waals surface area contributed by atoms with Crippen LogP contribution in [0.15, 0.2) is 34.7 Å². The molecule has 7 heteroatoms. The normalized spacial score (nSPS) is 10.2. The number of halogens is 1. The van der Waals surface area contributed by atoms with Crippen molar-refractivity contribution in [1.82, 2.24) is 5.32 Å². The molecule has 3 N–H and O–H groups in total. The minimum Gasteiger partial charge on any atom is -0.478 e. The molecule has 0 unspecified atom stereocenters. The Labute approximate surface area is 119 Å². The van der Waals surface area contributed by atoms with Gasteiger partial charge in [0.2, 0.25) is 0 Å². The maximum absolute atomic E-state index is 13.0. The molecule has 0 aliphatic carbocycles. The summed E-state index contributed by atoms with van der Waals surface area (Å²) in [6.07, 6.45) is 0. The van der Waals surface area contributed by atoms with E-state index in [2.05, 4.69) is 10.6 Å². The number of urea groups is 1. The minimum atomic E-state index is -1.33. The Balaban J connectivity index is 2.01. The van der Waals surface area contributed by atoms with Crippen LogP contribution in [0.25, 0.3) is 0 Å². The Morgan fingerprint density at radius 1 is 1.29 bits per heavy atom. The first-order valence-electron chi connectivity index (χ1n) is 6.08. The summed E-state index contributed by atoms with van der Waals surface area (Å²) in [6.45, 7) is 1.94. The van der Waals surface area contributed by atoms with Gasteiger partial charge in [0.15, 0.2) is 0 Å². The number of carbonyl (C=O) groups is 2. The molecule has 0 aliphatic rings. The van der Waals surface area contributed by atoms with Gasteiger partial charge in [0.05, 0.1) is 17.8 Å². The molecule has 1 heterocycles. The summed E-state index contributed by atoms with van der Waals surface area (Å²) < 4.78 is 18.3. The SMILES string of the molecule is Cc1ccc(CNC(=O)Nc2ccc(F)cc2C(=O)O)o1. The van der Waals surface area contributed by atoms with Crippen LogP contribution in [-0.2, 0) is 6.54 Å². The molecule has 21 heavy (non-hydrogen) atoms. The third-order valence-corrected chi connectivity index (χ3v) is 2.68. The van der Waals surface area contributed by atoms with Crippen molar-refractivity contribution in [2.45, 2.75) is 13.5 Å². The monoisotopic (exact) mass is 292 g/mol. The molecule has 0 spiro atoms. The van der Waals surface area contributed by atoms with Gasteiger partial charge >= 0.3 is 12.0 Å². The van der Waals surface area contributed by atoms with Crippen molar-refractivity contribution in [3.63, 3.8) is 0 Å². The minimum absolute atomic E-state index is 0.0111. The second-order valence-electron chi connectivity index (χ2n) is 4.32. The molecule has 0 radical (unpaired) electrons. The molecule has 2 aromatic rings. The number of carbonyl (C=O) groups excluding carboxylic acids is 1. The van der Waals surface area contributed by atoms with Crippen LogP contribution in [0, 0.1) is 12.7 Å². The first kappa shape index (κ1) is 14.6. The summed E-state index contributed by atoms with van der Waals surface area (Å²) >= 11 is 0. The number of carboxylic acid groups (broad SMARTS) is 1. The molecule has 0 aliphatic heterocycles. The standard InChI is InChI=1S/C14H13FN2O4/c1-8-2-4-10(21-8)7-16-14(20)17-12-5-3-9(15)6-11(12)13(18)19/h2-6H,7H2,1H3,(H,18,19)(H2,16,17,20). The summed E-state index contributed by atoms with van der Waals surface area (Å²) in [6, 6.07) is 5.97. The van der Waals surface area contributed by atoms with Gasteiger partial charge in [-0.1, -0.05) is 0 Å². The number of benzene rings is 1. The van der Waals surface area contributed by atoms with Crippen LogP contribution in [0.5, 0.6) is 0 Å². The van der Waals surface area contributed by atoms with Gasteiger partial charge in [-0.05, 0) is 37.3 Å². The number of rotatable bonds is 4. The van der Waals surface area contributed by atoms with E-state index in [9.17, 15) is 14.0 Å². The van der Waals surface area contributed by atoms with E-state index in [0.717, 1.165) is 17.9 Å². The van der Waals surface area contributed by atoms with Gasteiger partial charge in [0, 0.05) is 0 Å². The van der Waals surface area contributed by atoms with E-state index in [0.29, 0.717) is 5.76 Å². The summed E-state index contributed by atoms with van der Waals surface area (Å²) in [5.41, 5.74) is -0.309. The maximum atomic E-state index is 13.0. The van der Waals surface area contributed by atoms with Crippen molar-refractivity contribution in [2.75, 3.05) is 5.32 Å². The van der Waals surface area contributed by atoms with Crippen molar-refractivity contribution < 1.29 is 23.5 Å². The zero-order valence-corrected chi connectivity index (χ0v) is 11.1. The molecule has 0 bridgehead atoms. The lowest BCUT2D eigenvalue weighted by Crippen LogP contribution is -2.28. The zero-order chi connectivity index (χ0) is 15.4. The first-order valence-corrected chi connectivity index (χ1v) is 6.08. The van der Waals surface area contributed by atoms with Crippen LogP contribution in [0.4, 0.5) is 14.9 Å². The maximum Gasteiger partial charge on any atom is 0.337 e. The summed E-state index contributed by atoms with van der Waals surface area (Å²) in [7, 11) is 0. The average molecular weight is 292 g/mol. The van der Waals surface area contributed by atoms with Crippen LogP contribution in [0.3, 0.4) is 0 Å². The Kier molecular flexibility index (Phi) is 4.22. The molecule has 1 aromatic heterocycles. The second kappa shape index (κ2) is 6.08. The number of aromatic carboxylic acids is 1. The predicted octanol–water partition coefficient (Wildman–Crippen LogP) is 2.75. The molecular formula is C14H13FN2O4. The Morgan fingerprint density at radius 3 is 2.67 bits per heavy atom. The molecule has 0 atom stereocenters. The first-order chi connectivity index (χ1) is 9.95. The molecule has 0 saturated carbocycles. The number of furan rings is 1. The summed E-state index contributed by atoms with van der Waals surface area (Å²) in [5.74, 6) is -0.727. The molecule has 6 nitrogen and oxygen atoms in total. The number of hydrogen-bond donors (Lipinski definition) is 3. The highest BCUT2D eigenvalue weighted by molar-refractivity contribution is 5.99. The van der Waals surface area contributed by atoms with Gasteiger partial charge in [0.25, 0.3) is 0 Å². The number of carboxylic acids is 1. The number of hydrogen-bond acceptors (Lipinski definition) is 3. The van der Waals surface area contributed by atoms with Crippen LogP contribution in [-0.4, -0.2) is 17.1 Å². The third kappa shape index (κ3) is 3.82. The van der Waals surface area contributed by atoms with Gasteiger partial charge in [-0.2, -0.15) is 0 Å². The Hall–Kier alpha value is -2.83. The van der Waals surface area contributed by atoms with Crippen molar-refractivity contribution in [2.24, 2.45) is 0 Å². The summed E-state index contributed by atoms with van der Waals surface area (Å²) in [4.78, 5) is 22.7. The topological polar surface area (TPSA) is 91.6 Å². The number of anilines is 1. The highest BCUT2D eigenvalue weighted by Crippen LogP contribution is 2.17. The van der Waals surface area contributed by atoms with Crippen molar-refractivity contribution in [1.29, 1.82) is 0 Å². The lowest BCUT2D eigenvalue weighted by Gasteiger charge is -2.09.